The van der Waals surface area contributed by atoms with Gasteiger partial charge in [0.1, 0.15) is 33.0 Å². The number of carbonyl (C=O) groups is 4. The average Bonchev–Trinajstić information content (AvgIpc) is 1.57. The third-order valence-corrected chi connectivity index (χ3v) is 22.8. The van der Waals surface area contributed by atoms with Gasteiger partial charge in [-0.05, 0) is 206 Å². The van der Waals surface area contributed by atoms with Gasteiger partial charge in [-0.1, -0.05) is 136 Å². The van der Waals surface area contributed by atoms with E-state index in [0.717, 1.165) is 82.3 Å². The molecule has 0 spiro atoms. The second kappa shape index (κ2) is 28.5. The van der Waals surface area contributed by atoms with Crippen LogP contribution >= 0.6 is 69.9 Å². The number of carbonyl (C=O) groups excluding carboxylic acids is 3. The van der Waals surface area contributed by atoms with Crippen molar-refractivity contribution in [2.45, 2.75) is 166 Å². The molecule has 2 N–H and O–H groups in total. The molecule has 15 nitrogen and oxygen atoms in total. The highest BCUT2D eigenvalue weighted by Crippen LogP contribution is 2.59. The Morgan fingerprint density at radius 1 is 0.582 bits per heavy atom. The third kappa shape index (κ3) is 13.6. The minimum atomic E-state index is -0.948. The van der Waals surface area contributed by atoms with E-state index < -0.39 is 29.1 Å². The van der Waals surface area contributed by atoms with Gasteiger partial charge in [0.05, 0.1) is 12.1 Å². The number of fused-ring (bicyclic) bond motifs is 2. The highest BCUT2D eigenvalue weighted by molar-refractivity contribution is 8.18. The van der Waals surface area contributed by atoms with Crippen LogP contribution in [0.2, 0.25) is 20.1 Å². The molecule has 91 heavy (non-hydrogen) atoms. The number of hydrogen-bond acceptors (Lipinski definition) is 13. The van der Waals surface area contributed by atoms with Crippen LogP contribution in [0.3, 0.4) is 0 Å². The SMILES string of the molecule is CC[C@@H]1CC[C@@H](C(=O)N2CC[C@H](N(C)C)C2)N1C(=O)C1=C(C(C)C)N2C(=N[C@@](C)(c3ccc(Cl)cc3)[C@H]2c2ccc(Cl)cc2)S1.CC[C@@H]1CC[C@@H](C(=O)O)N1C(=O)C1=C(C(C)C)N2C(=N[C@@](C)(c3ccc(Cl)cc3)[C@H]2c2ccc(Cl)cc2)S1.CN(C)[C@H]1CCNC1. The van der Waals surface area contributed by atoms with E-state index in [-0.39, 0.29) is 53.7 Å². The Hall–Kier alpha value is -5.08. The molecule has 0 aromatic heterocycles. The molecule has 8 aliphatic rings. The maximum atomic E-state index is 14.8. The number of allylic oxidation sites excluding steroid dienone is 2. The number of aliphatic imine (C=N–C) groups is 2. The van der Waals surface area contributed by atoms with E-state index in [0.29, 0.717) is 61.7 Å². The normalized spacial score (nSPS) is 27.7. The number of benzene rings is 4. The van der Waals surface area contributed by atoms with Crippen molar-refractivity contribution in [2.75, 3.05) is 54.4 Å². The Balaban J connectivity index is 0.000000180. The minimum Gasteiger partial charge on any atom is -0.480 e. The number of nitrogens with zero attached hydrogens (tertiary/aromatic N) is 9. The summed E-state index contributed by atoms with van der Waals surface area (Å²) in [5, 5.41) is 17.4. The fourth-order valence-corrected chi connectivity index (χ4v) is 17.9. The molecule has 0 radical (unpaired) electrons. The number of thioether (sulfide) groups is 2. The first kappa shape index (κ1) is 68.8. The molecule has 0 aliphatic carbocycles. The van der Waals surface area contributed by atoms with Crippen LogP contribution in [0.15, 0.2) is 128 Å². The summed E-state index contributed by atoms with van der Waals surface area (Å²) in [6.45, 7) is 20.6. The molecule has 3 amide bonds. The number of amides is 3. The Morgan fingerprint density at radius 2 is 0.978 bits per heavy atom. The number of amidine groups is 2. The van der Waals surface area contributed by atoms with E-state index in [1.54, 1.807) is 4.90 Å². The highest BCUT2D eigenvalue weighted by Gasteiger charge is 2.57. The molecular formula is C70H88Cl4N10O5S2. The van der Waals surface area contributed by atoms with Gasteiger partial charge in [-0.15, -0.1) is 0 Å². The molecule has 8 aliphatic heterocycles. The Kier molecular flexibility index (Phi) is 21.5. The lowest BCUT2D eigenvalue weighted by atomic mass is 9.81. The molecule has 0 unspecified atom stereocenters. The van der Waals surface area contributed by atoms with E-state index in [4.69, 9.17) is 56.4 Å². The second-order valence-electron chi connectivity index (χ2n) is 26.6. The van der Waals surface area contributed by atoms with E-state index in [2.05, 4.69) is 114 Å². The van der Waals surface area contributed by atoms with Crippen LogP contribution in [-0.2, 0) is 30.3 Å². The van der Waals surface area contributed by atoms with Crippen LogP contribution in [-0.4, -0.2) is 164 Å². The van der Waals surface area contributed by atoms with Gasteiger partial charge < -0.3 is 44.7 Å². The molecule has 4 fully saturated rings. The molecule has 488 valence electrons. The fraction of sp³-hybridized carbons (Fsp3) is 0.514. The smallest absolute Gasteiger partial charge is 0.326 e. The zero-order chi connectivity index (χ0) is 65.5. The first-order valence-electron chi connectivity index (χ1n) is 32.2. The van der Waals surface area contributed by atoms with Gasteiger partial charge >= 0.3 is 5.97 Å². The lowest BCUT2D eigenvalue weighted by Crippen LogP contribution is -2.50. The van der Waals surface area contributed by atoms with Crippen molar-refractivity contribution in [2.24, 2.45) is 21.8 Å². The highest BCUT2D eigenvalue weighted by atomic mass is 35.5. The molecule has 21 heteroatoms. The van der Waals surface area contributed by atoms with Crippen LogP contribution in [0, 0.1) is 11.8 Å². The summed E-state index contributed by atoms with van der Waals surface area (Å²) < 4.78 is 0. The summed E-state index contributed by atoms with van der Waals surface area (Å²) in [6, 6.07) is 30.7. The van der Waals surface area contributed by atoms with Gasteiger partial charge in [-0.25, -0.2) is 14.8 Å². The van der Waals surface area contributed by atoms with Crippen molar-refractivity contribution in [3.05, 3.63) is 161 Å². The van der Waals surface area contributed by atoms with Gasteiger partial charge in [0, 0.05) is 75.3 Å². The number of hydrogen-bond donors (Lipinski definition) is 2. The van der Waals surface area contributed by atoms with Gasteiger partial charge in [-0.2, -0.15) is 0 Å². The maximum absolute atomic E-state index is 14.8. The summed E-state index contributed by atoms with van der Waals surface area (Å²) in [4.78, 5) is 81.2. The summed E-state index contributed by atoms with van der Waals surface area (Å²) in [7, 11) is 8.41. The summed E-state index contributed by atoms with van der Waals surface area (Å²) in [5.41, 5.74) is 4.69. The second-order valence-corrected chi connectivity index (χ2v) is 30.3. The van der Waals surface area contributed by atoms with Crippen LogP contribution in [0.25, 0.3) is 0 Å². The zero-order valence-corrected chi connectivity index (χ0v) is 59.1. The fourth-order valence-electron chi connectivity index (χ4n) is 14.7. The number of carboxylic acids is 1. The van der Waals surface area contributed by atoms with Crippen molar-refractivity contribution in [1.29, 1.82) is 0 Å². The van der Waals surface area contributed by atoms with Crippen molar-refractivity contribution in [3.63, 3.8) is 0 Å². The summed E-state index contributed by atoms with van der Waals surface area (Å²) in [5.74, 6) is -1.07. The van der Waals surface area contributed by atoms with E-state index >= 15 is 0 Å². The Bertz CT molecular complexity index is 3470. The third-order valence-electron chi connectivity index (χ3n) is 19.7. The largest absolute Gasteiger partial charge is 0.480 e. The number of carboxylic acid groups (broad SMARTS) is 1. The van der Waals surface area contributed by atoms with Crippen molar-refractivity contribution in [1.82, 2.24) is 39.6 Å². The number of aliphatic carboxylic acids is 1. The van der Waals surface area contributed by atoms with Crippen molar-refractivity contribution < 1.29 is 24.3 Å². The van der Waals surface area contributed by atoms with Gasteiger partial charge in [0.15, 0.2) is 10.3 Å². The topological polar surface area (TPSA) is 148 Å². The molecule has 12 rings (SSSR count). The standard InChI is InChI=1S/C35H43Cl2N5O2S.C29H31Cl2N3O3S.C6H14N2/c1-7-26-16-17-28(32(43)40-19-18-27(20-40)39(5)6)41(26)33(44)30-29(21(2)3)42-31(22-8-12-24(36)13-9-22)35(4,38-34(42)45-30)23-10-14-25(37)15-11-23;1-5-21-14-15-22(27(36)37)33(21)26(35)24-23(16(2)3)34-25(17-6-10-19(30)11-7-17)29(4,32-28(34)38-24)18-8-12-20(31)13-9-18;1-8(2)6-3-4-7-5-6/h8-15,21,26-28,31H,7,16-20H2,1-6H3;6-13,16,21-22,25H,5,14-15H2,1-4H3,(H,36,37);6-7H,3-5H2,1-2H3/t26-,27+,28+,31-,35+;21-,22+,25-,29+;6-/m110/s1. The summed E-state index contributed by atoms with van der Waals surface area (Å²) >= 11 is 27.9. The maximum Gasteiger partial charge on any atom is 0.326 e. The molecule has 4 aromatic carbocycles. The van der Waals surface area contributed by atoms with E-state index in [1.807, 2.05) is 102 Å². The van der Waals surface area contributed by atoms with E-state index in [9.17, 15) is 24.3 Å². The number of halogens is 4. The number of nitrogens with one attached hydrogen (secondary N) is 1. The molecule has 10 atom stereocenters. The molecule has 0 saturated carbocycles. The Morgan fingerprint density at radius 3 is 1.32 bits per heavy atom. The van der Waals surface area contributed by atoms with Gasteiger partial charge in [0.2, 0.25) is 5.91 Å². The molecular weight excluding hydrogens is 1270 g/mol. The van der Waals surface area contributed by atoms with E-state index in [1.165, 1.54) is 43.0 Å². The number of likely N-dealkylation sites (N-methyl/N-ethyl adjacent to an activating group) is 2. The van der Waals surface area contributed by atoms with Crippen LogP contribution < -0.4 is 5.32 Å². The number of rotatable bonds is 14. The van der Waals surface area contributed by atoms with Crippen LogP contribution in [0.1, 0.15) is 141 Å². The first-order valence-corrected chi connectivity index (χ1v) is 35.3. The average molecular weight is 1360 g/mol. The van der Waals surface area contributed by atoms with Gasteiger partial charge in [-0.3, -0.25) is 14.4 Å². The molecule has 4 aromatic rings. The van der Waals surface area contributed by atoms with Gasteiger partial charge in [0.25, 0.3) is 11.8 Å². The van der Waals surface area contributed by atoms with Crippen LogP contribution in [0.4, 0.5) is 0 Å². The first-order chi connectivity index (χ1) is 43.3. The zero-order valence-electron chi connectivity index (χ0n) is 54.4. The predicted octanol–water partition coefficient (Wildman–Crippen LogP) is 14.2. The monoisotopic (exact) mass is 1350 g/mol. The summed E-state index contributed by atoms with van der Waals surface area (Å²) in [6.07, 6.45) is 6.52. The van der Waals surface area contributed by atoms with Crippen LogP contribution in [0.5, 0.6) is 0 Å². The quantitative estimate of drug-likeness (QED) is 0.124. The Labute approximate surface area is 567 Å². The lowest BCUT2D eigenvalue weighted by molar-refractivity contribution is -0.148. The minimum absolute atomic E-state index is 0.00229. The predicted molar refractivity (Wildman–Crippen MR) is 373 cm³/mol. The molecule has 0 bridgehead atoms. The number of likely N-dealkylation sites (tertiary alicyclic amines) is 3. The lowest BCUT2D eigenvalue weighted by Gasteiger charge is -2.37. The van der Waals surface area contributed by atoms with Crippen molar-refractivity contribution >= 4 is 104 Å². The molecule has 4 saturated heterocycles. The van der Waals surface area contributed by atoms with Crippen molar-refractivity contribution in [3.8, 4) is 0 Å². The molecule has 8 heterocycles.